The number of amides is 2. The number of hydrogen-bond acceptors (Lipinski definition) is 2. The predicted octanol–water partition coefficient (Wildman–Crippen LogP) is 1.60. The van der Waals surface area contributed by atoms with Crippen molar-refractivity contribution in [2.75, 3.05) is 13.1 Å². The molecule has 0 aromatic carbocycles. The number of carbonyl (C=O) groups excluding carboxylic acids is 1. The average molecular weight is 215 g/mol. The molecule has 4 N–H and O–H groups in total. The third-order valence-electron chi connectivity index (χ3n) is 2.94. The Morgan fingerprint density at radius 1 is 1.27 bits per heavy atom. The minimum atomic E-state index is -0.240. The molecule has 0 aliphatic heterocycles. The van der Waals surface area contributed by atoms with Crippen molar-refractivity contribution < 1.29 is 4.79 Å². The molecule has 0 unspecified atom stereocenters. The van der Waals surface area contributed by atoms with Gasteiger partial charge in [0.25, 0.3) is 0 Å². The first-order valence-corrected chi connectivity index (χ1v) is 5.90. The van der Waals surface area contributed by atoms with Gasteiger partial charge < -0.3 is 16.4 Å². The van der Waals surface area contributed by atoms with Crippen LogP contribution in [0.5, 0.6) is 0 Å². The molecule has 0 aliphatic rings. The van der Waals surface area contributed by atoms with Crippen LogP contribution in [-0.4, -0.2) is 24.7 Å². The van der Waals surface area contributed by atoms with Gasteiger partial charge in [0.2, 0.25) is 0 Å². The summed E-state index contributed by atoms with van der Waals surface area (Å²) in [4.78, 5) is 11.5. The lowest BCUT2D eigenvalue weighted by Gasteiger charge is -2.31. The lowest BCUT2D eigenvalue weighted by atomic mass is 9.93. The SMILES string of the molecule is CCCCNC(=O)NC(CC)(CC)CN. The van der Waals surface area contributed by atoms with Gasteiger partial charge in [-0.05, 0) is 19.3 Å². The van der Waals surface area contributed by atoms with Crippen molar-refractivity contribution in [1.29, 1.82) is 0 Å². The molecule has 4 nitrogen and oxygen atoms in total. The van der Waals surface area contributed by atoms with Crippen molar-refractivity contribution in [1.82, 2.24) is 10.6 Å². The van der Waals surface area contributed by atoms with Crippen LogP contribution in [0.15, 0.2) is 0 Å². The zero-order chi connectivity index (χ0) is 11.7. The second-order valence-corrected chi connectivity index (χ2v) is 3.93. The van der Waals surface area contributed by atoms with E-state index in [2.05, 4.69) is 17.6 Å². The van der Waals surface area contributed by atoms with E-state index in [9.17, 15) is 4.79 Å². The molecule has 0 atom stereocenters. The van der Waals surface area contributed by atoms with E-state index in [1.807, 2.05) is 13.8 Å². The van der Waals surface area contributed by atoms with Gasteiger partial charge >= 0.3 is 6.03 Å². The molecule has 0 bridgehead atoms. The third-order valence-corrected chi connectivity index (χ3v) is 2.94. The van der Waals surface area contributed by atoms with Crippen LogP contribution >= 0.6 is 0 Å². The number of hydrogen-bond donors (Lipinski definition) is 3. The smallest absolute Gasteiger partial charge is 0.315 e. The largest absolute Gasteiger partial charge is 0.338 e. The molecule has 15 heavy (non-hydrogen) atoms. The van der Waals surface area contributed by atoms with Gasteiger partial charge in [-0.3, -0.25) is 0 Å². The molecule has 4 heteroatoms. The lowest BCUT2D eigenvalue weighted by molar-refractivity contribution is 0.221. The molecule has 0 aromatic heterocycles. The molecule has 0 radical (unpaired) electrons. The van der Waals surface area contributed by atoms with Crippen molar-refractivity contribution in [3.63, 3.8) is 0 Å². The summed E-state index contributed by atoms with van der Waals surface area (Å²) in [5, 5.41) is 5.80. The van der Waals surface area contributed by atoms with Crippen LogP contribution in [0.2, 0.25) is 0 Å². The van der Waals surface area contributed by atoms with E-state index in [0.717, 1.165) is 32.2 Å². The molecule has 0 heterocycles. The lowest BCUT2D eigenvalue weighted by Crippen LogP contribution is -2.55. The van der Waals surface area contributed by atoms with Crippen LogP contribution < -0.4 is 16.4 Å². The fraction of sp³-hybridized carbons (Fsp3) is 0.909. The summed E-state index contributed by atoms with van der Waals surface area (Å²) in [6.07, 6.45) is 3.83. The van der Waals surface area contributed by atoms with E-state index in [4.69, 9.17) is 5.73 Å². The van der Waals surface area contributed by atoms with Crippen molar-refractivity contribution in [3.8, 4) is 0 Å². The minimum Gasteiger partial charge on any atom is -0.338 e. The highest BCUT2D eigenvalue weighted by molar-refractivity contribution is 5.74. The van der Waals surface area contributed by atoms with Crippen LogP contribution in [0.25, 0.3) is 0 Å². The minimum absolute atomic E-state index is 0.0994. The van der Waals surface area contributed by atoms with Gasteiger partial charge in [0, 0.05) is 13.1 Å². The van der Waals surface area contributed by atoms with Crippen LogP contribution in [0.1, 0.15) is 46.5 Å². The van der Waals surface area contributed by atoms with Gasteiger partial charge in [0.05, 0.1) is 5.54 Å². The normalized spacial score (nSPS) is 11.2. The number of nitrogens with one attached hydrogen (secondary N) is 2. The second kappa shape index (κ2) is 7.51. The monoisotopic (exact) mass is 215 g/mol. The Morgan fingerprint density at radius 3 is 2.27 bits per heavy atom. The van der Waals surface area contributed by atoms with Gasteiger partial charge in [0.15, 0.2) is 0 Å². The first-order chi connectivity index (χ1) is 7.14. The molecule has 0 saturated carbocycles. The molecular formula is C11H25N3O. The van der Waals surface area contributed by atoms with Crippen LogP contribution in [0.3, 0.4) is 0 Å². The highest BCUT2D eigenvalue weighted by atomic mass is 16.2. The average Bonchev–Trinajstić information content (AvgIpc) is 2.26. The second-order valence-electron chi connectivity index (χ2n) is 3.93. The molecular weight excluding hydrogens is 190 g/mol. The number of urea groups is 1. The summed E-state index contributed by atoms with van der Waals surface area (Å²) in [6.45, 7) is 7.41. The van der Waals surface area contributed by atoms with E-state index in [-0.39, 0.29) is 11.6 Å². The van der Waals surface area contributed by atoms with E-state index < -0.39 is 0 Å². The Balaban J connectivity index is 4.00. The summed E-state index contributed by atoms with van der Waals surface area (Å²) in [6, 6.07) is -0.0994. The van der Waals surface area contributed by atoms with Crippen molar-refractivity contribution in [2.45, 2.75) is 52.0 Å². The Kier molecular flexibility index (Phi) is 7.13. The van der Waals surface area contributed by atoms with E-state index >= 15 is 0 Å². The summed E-state index contributed by atoms with van der Waals surface area (Å²) in [7, 11) is 0. The van der Waals surface area contributed by atoms with Crippen molar-refractivity contribution in [2.24, 2.45) is 5.73 Å². The summed E-state index contributed by atoms with van der Waals surface area (Å²) in [5.74, 6) is 0. The standard InChI is InChI=1S/C11H25N3O/c1-4-7-8-13-10(15)14-11(5-2,6-3)9-12/h4-9,12H2,1-3H3,(H2,13,14,15). The first-order valence-electron chi connectivity index (χ1n) is 5.90. The van der Waals surface area contributed by atoms with Crippen LogP contribution in [0, 0.1) is 0 Å². The van der Waals surface area contributed by atoms with Crippen molar-refractivity contribution in [3.05, 3.63) is 0 Å². The summed E-state index contributed by atoms with van der Waals surface area (Å²) in [5.41, 5.74) is 5.45. The van der Waals surface area contributed by atoms with E-state index in [0.29, 0.717) is 6.54 Å². The molecule has 90 valence electrons. The zero-order valence-electron chi connectivity index (χ0n) is 10.2. The van der Waals surface area contributed by atoms with Gasteiger partial charge in [-0.25, -0.2) is 4.79 Å². The Morgan fingerprint density at radius 2 is 1.87 bits per heavy atom. The highest BCUT2D eigenvalue weighted by Crippen LogP contribution is 2.12. The fourth-order valence-corrected chi connectivity index (χ4v) is 1.43. The van der Waals surface area contributed by atoms with E-state index in [1.54, 1.807) is 0 Å². The van der Waals surface area contributed by atoms with Gasteiger partial charge in [-0.1, -0.05) is 27.2 Å². The van der Waals surface area contributed by atoms with Gasteiger partial charge in [0.1, 0.15) is 0 Å². The van der Waals surface area contributed by atoms with Crippen LogP contribution in [-0.2, 0) is 0 Å². The molecule has 0 fully saturated rings. The maximum absolute atomic E-state index is 11.5. The number of carbonyl (C=O) groups is 1. The summed E-state index contributed by atoms with van der Waals surface area (Å²) < 4.78 is 0. The molecule has 0 spiro atoms. The van der Waals surface area contributed by atoms with Gasteiger partial charge in [-0.2, -0.15) is 0 Å². The first kappa shape index (κ1) is 14.2. The summed E-state index contributed by atoms with van der Waals surface area (Å²) >= 11 is 0. The maximum atomic E-state index is 11.5. The molecule has 0 saturated heterocycles. The quantitative estimate of drug-likeness (QED) is 0.565. The topological polar surface area (TPSA) is 67.2 Å². The molecule has 0 rings (SSSR count). The van der Waals surface area contributed by atoms with E-state index in [1.165, 1.54) is 0 Å². The molecule has 0 aromatic rings. The Hall–Kier alpha value is -0.770. The maximum Gasteiger partial charge on any atom is 0.315 e. The third kappa shape index (κ3) is 5.02. The Bertz CT molecular complexity index is 170. The number of nitrogens with two attached hydrogens (primary N) is 1. The van der Waals surface area contributed by atoms with Crippen molar-refractivity contribution >= 4 is 6.03 Å². The molecule has 2 amide bonds. The highest BCUT2D eigenvalue weighted by Gasteiger charge is 2.25. The predicted molar refractivity (Wildman–Crippen MR) is 63.8 cm³/mol. The molecule has 0 aliphatic carbocycles. The fourth-order valence-electron chi connectivity index (χ4n) is 1.43. The zero-order valence-corrected chi connectivity index (χ0v) is 10.2. The van der Waals surface area contributed by atoms with Crippen LogP contribution in [0.4, 0.5) is 4.79 Å². The van der Waals surface area contributed by atoms with Gasteiger partial charge in [-0.15, -0.1) is 0 Å². The number of rotatable bonds is 7. The Labute approximate surface area is 93.0 Å². The number of unbranched alkanes of at least 4 members (excludes halogenated alkanes) is 1.